The summed E-state index contributed by atoms with van der Waals surface area (Å²) in [5.41, 5.74) is -1.93. The molecule has 17 heteroatoms. The molecule has 0 amide bonds. The maximum Gasteiger partial charge on any atom is 0.325 e. The Balaban J connectivity index is 2.85. The second-order valence-electron chi connectivity index (χ2n) is 9.81. The Hall–Kier alpha value is -3.28. The Kier molecular flexibility index (Phi) is 11.2. The highest BCUT2D eigenvalue weighted by molar-refractivity contribution is 7.89. The summed E-state index contributed by atoms with van der Waals surface area (Å²) in [6.45, 7) is 7.12. The maximum atomic E-state index is 14.2. The SMILES string of the molecule is CC(=O)OC[C@@H]1O[C@@H](N([C@@H](CS)C(=O)OC(C)(C)C)S(=O)(=O)c2ccccc2[N+](=O)[O-])[C@H](OC(C)=O)[C@H]1OC(C)=O. The van der Waals surface area contributed by atoms with Crippen LogP contribution in [0.3, 0.4) is 0 Å². The number of sulfonamides is 1. The van der Waals surface area contributed by atoms with Crippen molar-refractivity contribution in [2.45, 2.75) is 82.6 Å². The molecule has 1 aromatic carbocycles. The second-order valence-corrected chi connectivity index (χ2v) is 12.0. The number of hydrogen-bond donors (Lipinski definition) is 1. The van der Waals surface area contributed by atoms with Crippen LogP contribution in [0.2, 0.25) is 0 Å². The molecule has 15 nitrogen and oxygen atoms in total. The van der Waals surface area contributed by atoms with Crippen LogP contribution in [-0.4, -0.2) is 90.1 Å². The monoisotopic (exact) mass is 620 g/mol. The molecule has 2 rings (SSSR count). The first-order valence-corrected chi connectivity index (χ1v) is 14.2. The van der Waals surface area contributed by atoms with Gasteiger partial charge in [-0.25, -0.2) is 8.42 Å². The second kappa shape index (κ2) is 13.6. The molecule has 0 spiro atoms. The molecule has 0 N–H and O–H groups in total. The highest BCUT2D eigenvalue weighted by Crippen LogP contribution is 2.37. The average molecular weight is 621 g/mol. The number of benzene rings is 1. The molecule has 228 valence electrons. The van der Waals surface area contributed by atoms with Gasteiger partial charge in [0.05, 0.1) is 4.92 Å². The molecule has 5 atom stereocenters. The predicted molar refractivity (Wildman–Crippen MR) is 142 cm³/mol. The average Bonchev–Trinajstić information content (AvgIpc) is 3.14. The van der Waals surface area contributed by atoms with Gasteiger partial charge in [-0.15, -0.1) is 0 Å². The van der Waals surface area contributed by atoms with E-state index in [9.17, 15) is 37.7 Å². The minimum atomic E-state index is -5.07. The van der Waals surface area contributed by atoms with Crippen molar-refractivity contribution in [2.75, 3.05) is 12.4 Å². The lowest BCUT2D eigenvalue weighted by atomic mass is 10.1. The molecule has 0 aliphatic carbocycles. The first kappa shape index (κ1) is 33.9. The van der Waals surface area contributed by atoms with Crippen LogP contribution < -0.4 is 0 Å². The molecule has 0 saturated carbocycles. The minimum Gasteiger partial charge on any atom is -0.463 e. The summed E-state index contributed by atoms with van der Waals surface area (Å²) in [6.07, 6.45) is -6.57. The summed E-state index contributed by atoms with van der Waals surface area (Å²) in [4.78, 5) is 59.0. The largest absolute Gasteiger partial charge is 0.463 e. The third kappa shape index (κ3) is 8.61. The van der Waals surface area contributed by atoms with Crippen molar-refractivity contribution in [3.63, 3.8) is 0 Å². The van der Waals surface area contributed by atoms with Gasteiger partial charge in [0.1, 0.15) is 24.4 Å². The van der Waals surface area contributed by atoms with Gasteiger partial charge in [0.2, 0.25) is 0 Å². The predicted octanol–water partition coefficient (Wildman–Crippen LogP) is 1.38. The summed E-state index contributed by atoms with van der Waals surface area (Å²) in [5.74, 6) is -4.21. The normalized spacial score (nSPS) is 21.6. The van der Waals surface area contributed by atoms with Crippen LogP contribution in [-0.2, 0) is 52.9 Å². The van der Waals surface area contributed by atoms with Gasteiger partial charge in [-0.05, 0) is 26.8 Å². The topological polar surface area (TPSA) is 195 Å². The van der Waals surface area contributed by atoms with E-state index in [1.54, 1.807) is 0 Å². The van der Waals surface area contributed by atoms with Crippen LogP contribution in [0.15, 0.2) is 29.2 Å². The number of rotatable bonds is 11. The van der Waals surface area contributed by atoms with E-state index in [0.29, 0.717) is 4.31 Å². The number of carbonyl (C=O) groups excluding carboxylic acids is 4. The summed E-state index contributed by atoms with van der Waals surface area (Å²) < 4.78 is 55.8. The van der Waals surface area contributed by atoms with Crippen LogP contribution in [0.4, 0.5) is 5.69 Å². The molecule has 0 aromatic heterocycles. The molecule has 0 unspecified atom stereocenters. The van der Waals surface area contributed by atoms with Crippen LogP contribution >= 0.6 is 12.6 Å². The molecular formula is C24H32N2O13S2. The minimum absolute atomic E-state index is 0.439. The number of carbonyl (C=O) groups is 4. The molecule has 1 aliphatic heterocycles. The summed E-state index contributed by atoms with van der Waals surface area (Å²) in [7, 11) is -5.07. The molecule has 0 radical (unpaired) electrons. The number of ether oxygens (including phenoxy) is 5. The number of esters is 4. The molecular weight excluding hydrogens is 588 g/mol. The third-order valence-corrected chi connectivity index (χ3v) is 7.63. The number of para-hydroxylation sites is 1. The van der Waals surface area contributed by atoms with E-state index >= 15 is 0 Å². The Morgan fingerprint density at radius 3 is 2.10 bits per heavy atom. The van der Waals surface area contributed by atoms with Crippen molar-refractivity contribution >= 4 is 52.2 Å². The standard InChI is InChI=1S/C24H32N2O13S2/c1-13(27)35-11-18-20(36-14(2)28)21(37-15(3)29)22(38-18)25(17(12-40)23(30)39-24(4,5)6)41(33,34)19-10-8-7-9-16(19)26(31)32/h7-10,17-18,20-22,40H,11-12H2,1-6H3/t17-,18-,20-,21+,22+/m0/s1. The number of nitro groups is 1. The van der Waals surface area contributed by atoms with E-state index in [1.165, 1.54) is 32.9 Å². The van der Waals surface area contributed by atoms with Crippen molar-refractivity contribution < 1.29 is 56.2 Å². The van der Waals surface area contributed by atoms with E-state index in [4.69, 9.17) is 23.7 Å². The van der Waals surface area contributed by atoms with E-state index in [-0.39, 0.29) is 0 Å². The lowest BCUT2D eigenvalue weighted by molar-refractivity contribution is -0.387. The van der Waals surface area contributed by atoms with Crippen LogP contribution in [0.1, 0.15) is 41.5 Å². The van der Waals surface area contributed by atoms with Crippen molar-refractivity contribution in [3.8, 4) is 0 Å². The van der Waals surface area contributed by atoms with Crippen LogP contribution in [0.5, 0.6) is 0 Å². The van der Waals surface area contributed by atoms with E-state index < -0.39 is 97.9 Å². The van der Waals surface area contributed by atoms with Gasteiger partial charge in [0, 0.05) is 32.6 Å². The van der Waals surface area contributed by atoms with Crippen molar-refractivity contribution in [1.29, 1.82) is 0 Å². The molecule has 1 aliphatic rings. The first-order chi connectivity index (χ1) is 18.9. The van der Waals surface area contributed by atoms with Crippen LogP contribution in [0.25, 0.3) is 0 Å². The molecule has 1 fully saturated rings. The lowest BCUT2D eigenvalue weighted by Crippen LogP contribution is -2.57. The third-order valence-electron chi connectivity index (χ3n) is 5.37. The number of nitrogens with zero attached hydrogens (tertiary/aromatic N) is 2. The zero-order valence-electron chi connectivity index (χ0n) is 23.2. The van der Waals surface area contributed by atoms with Crippen molar-refractivity contribution in [1.82, 2.24) is 4.31 Å². The first-order valence-electron chi connectivity index (χ1n) is 12.1. The van der Waals surface area contributed by atoms with Crippen molar-refractivity contribution in [2.24, 2.45) is 0 Å². The summed E-state index contributed by atoms with van der Waals surface area (Å²) >= 11 is 4.16. The van der Waals surface area contributed by atoms with Gasteiger partial charge in [0.25, 0.3) is 15.7 Å². The van der Waals surface area contributed by atoms with Gasteiger partial charge < -0.3 is 23.7 Å². The maximum absolute atomic E-state index is 14.2. The number of thiol groups is 1. The number of nitro benzene ring substituents is 1. The van der Waals surface area contributed by atoms with E-state index in [0.717, 1.165) is 32.9 Å². The molecule has 1 saturated heterocycles. The highest BCUT2D eigenvalue weighted by atomic mass is 32.2. The summed E-state index contributed by atoms with van der Waals surface area (Å²) in [5, 5.41) is 11.8. The van der Waals surface area contributed by atoms with Gasteiger partial charge in [0.15, 0.2) is 23.3 Å². The highest BCUT2D eigenvalue weighted by Gasteiger charge is 2.57. The molecule has 0 bridgehead atoms. The number of hydrogen-bond acceptors (Lipinski definition) is 14. The van der Waals surface area contributed by atoms with E-state index in [2.05, 4.69) is 12.6 Å². The Bertz CT molecular complexity index is 1280. The Morgan fingerprint density at radius 2 is 1.61 bits per heavy atom. The van der Waals surface area contributed by atoms with E-state index in [1.807, 2.05) is 0 Å². The fourth-order valence-corrected chi connectivity index (χ4v) is 6.21. The fraction of sp³-hybridized carbons (Fsp3) is 0.583. The van der Waals surface area contributed by atoms with Crippen LogP contribution in [0, 0.1) is 10.1 Å². The van der Waals surface area contributed by atoms with Gasteiger partial charge in [-0.3, -0.25) is 29.3 Å². The smallest absolute Gasteiger partial charge is 0.325 e. The van der Waals surface area contributed by atoms with Crippen molar-refractivity contribution in [3.05, 3.63) is 34.4 Å². The summed E-state index contributed by atoms with van der Waals surface area (Å²) in [6, 6.07) is 2.56. The molecule has 1 heterocycles. The fourth-order valence-electron chi connectivity index (χ4n) is 3.95. The molecule has 1 aromatic rings. The van der Waals surface area contributed by atoms with Gasteiger partial charge in [-0.1, -0.05) is 12.1 Å². The van der Waals surface area contributed by atoms with Gasteiger partial charge >= 0.3 is 23.9 Å². The Morgan fingerprint density at radius 1 is 1.05 bits per heavy atom. The molecule has 41 heavy (non-hydrogen) atoms. The zero-order chi connectivity index (χ0) is 31.3. The Labute approximate surface area is 242 Å². The quantitative estimate of drug-likeness (QED) is 0.123. The van der Waals surface area contributed by atoms with Gasteiger partial charge in [-0.2, -0.15) is 16.9 Å². The lowest BCUT2D eigenvalue weighted by Gasteiger charge is -2.36. The zero-order valence-corrected chi connectivity index (χ0v) is 24.9.